The molecule has 132 valence electrons. The van der Waals surface area contributed by atoms with Gasteiger partial charge in [0.2, 0.25) is 5.91 Å². The van der Waals surface area contributed by atoms with Crippen LogP contribution in [0.15, 0.2) is 23.4 Å². The van der Waals surface area contributed by atoms with Gasteiger partial charge in [0.1, 0.15) is 17.1 Å². The zero-order valence-corrected chi connectivity index (χ0v) is 14.6. The highest BCUT2D eigenvalue weighted by molar-refractivity contribution is 8.00. The fourth-order valence-electron chi connectivity index (χ4n) is 2.80. The third-order valence-electron chi connectivity index (χ3n) is 4.41. The van der Waals surface area contributed by atoms with E-state index in [-0.39, 0.29) is 29.4 Å². The van der Waals surface area contributed by atoms with Crippen LogP contribution in [0.3, 0.4) is 0 Å². The molecule has 0 aromatic heterocycles. The number of likely N-dealkylation sites (N-methyl/N-ethyl adjacent to an activating group) is 1. The lowest BCUT2D eigenvalue weighted by molar-refractivity contribution is -0.894. The van der Waals surface area contributed by atoms with Gasteiger partial charge in [-0.05, 0) is 18.6 Å². The molecule has 2 aliphatic rings. The molecule has 8 nitrogen and oxygen atoms in total. The number of carboxylic acid groups (broad SMARTS) is 1. The summed E-state index contributed by atoms with van der Waals surface area (Å²) in [5.41, 5.74) is 11.6. The maximum Gasteiger partial charge on any atom is 0.352 e. The number of hydrogen-bond acceptors (Lipinski definition) is 5. The van der Waals surface area contributed by atoms with Crippen LogP contribution in [0.2, 0.25) is 0 Å². The van der Waals surface area contributed by atoms with Gasteiger partial charge in [0.05, 0.1) is 20.1 Å². The van der Waals surface area contributed by atoms with Gasteiger partial charge in [0.25, 0.3) is 5.91 Å². The third kappa shape index (κ3) is 3.47. The van der Waals surface area contributed by atoms with E-state index in [0.29, 0.717) is 28.9 Å². The number of allylic oxidation sites excluding steroid dienone is 1. The van der Waals surface area contributed by atoms with Gasteiger partial charge in [-0.2, -0.15) is 0 Å². The molecule has 5 N–H and O–H groups in total. The van der Waals surface area contributed by atoms with E-state index in [1.54, 1.807) is 6.08 Å². The summed E-state index contributed by atoms with van der Waals surface area (Å²) in [6, 6.07) is -0.634. The van der Waals surface area contributed by atoms with Gasteiger partial charge in [-0.25, -0.2) is 4.79 Å². The normalized spacial score (nSPS) is 26.1. The van der Waals surface area contributed by atoms with Crippen molar-refractivity contribution in [2.24, 2.45) is 11.5 Å². The molecule has 2 aliphatic heterocycles. The molecule has 2 amide bonds. The van der Waals surface area contributed by atoms with Crippen LogP contribution in [0.5, 0.6) is 0 Å². The molecule has 1 fully saturated rings. The molecule has 2 heterocycles. The smallest absolute Gasteiger partial charge is 0.352 e. The number of thioether (sulfide) groups is 1. The molecular formula is C15H23N4O4S+. The second-order valence-corrected chi connectivity index (χ2v) is 7.36. The number of nitrogens with two attached hydrogens (primary N) is 2. The summed E-state index contributed by atoms with van der Waals surface area (Å²) >= 11 is 1.46. The monoisotopic (exact) mass is 355 g/mol. The summed E-state index contributed by atoms with van der Waals surface area (Å²) in [6.07, 6.45) is 3.55. The topological polar surface area (TPSA) is 127 Å². The summed E-state index contributed by atoms with van der Waals surface area (Å²) in [5.74, 6) is -1.40. The molecule has 3 atom stereocenters. The number of hydrogen-bond donors (Lipinski definition) is 3. The number of amides is 2. The van der Waals surface area contributed by atoms with Crippen molar-refractivity contribution in [3.8, 4) is 0 Å². The highest BCUT2D eigenvalue weighted by Crippen LogP contribution is 2.39. The second kappa shape index (κ2) is 6.96. The van der Waals surface area contributed by atoms with Crippen molar-refractivity contribution in [2.45, 2.75) is 18.3 Å². The third-order valence-corrected chi connectivity index (χ3v) is 5.73. The van der Waals surface area contributed by atoms with E-state index in [1.807, 2.05) is 20.0 Å². The van der Waals surface area contributed by atoms with Gasteiger partial charge < -0.3 is 21.1 Å². The van der Waals surface area contributed by atoms with Gasteiger partial charge in [-0.1, -0.05) is 6.08 Å². The lowest BCUT2D eigenvalue weighted by Crippen LogP contribution is -2.68. The Bertz CT molecular complexity index is 633. The standard InChI is InChI=1S/C15H22N4O4S/c1-3-19(2,7-10(16)20)6-4-5-9-8-24-14-11(17)13(21)18(14)12(9)15(22)23/h4-5,11,14H,3,6-8,17H2,1-2H3,(H2-,16,20,22,23)/p+1/b5-4+/t11-,14-,19?/m1/s1. The largest absolute Gasteiger partial charge is 0.477 e. The highest BCUT2D eigenvalue weighted by atomic mass is 32.2. The van der Waals surface area contributed by atoms with E-state index < -0.39 is 12.0 Å². The van der Waals surface area contributed by atoms with Crippen LogP contribution in [0.1, 0.15) is 6.92 Å². The summed E-state index contributed by atoms with van der Waals surface area (Å²) < 4.78 is 0.435. The Hall–Kier alpha value is -1.84. The van der Waals surface area contributed by atoms with E-state index >= 15 is 0 Å². The van der Waals surface area contributed by atoms with E-state index in [4.69, 9.17) is 11.5 Å². The molecule has 2 rings (SSSR count). The average molecular weight is 355 g/mol. The number of carbonyl (C=O) groups is 3. The summed E-state index contributed by atoms with van der Waals surface area (Å²) in [6.45, 7) is 3.42. The van der Waals surface area contributed by atoms with Crippen molar-refractivity contribution in [2.75, 3.05) is 32.4 Å². The first-order valence-electron chi connectivity index (χ1n) is 7.65. The fourth-order valence-corrected chi connectivity index (χ4v) is 4.06. The number of aliphatic carboxylic acids is 1. The van der Waals surface area contributed by atoms with Crippen LogP contribution in [0.4, 0.5) is 0 Å². The number of primary amides is 1. The Balaban J connectivity index is 2.18. The molecule has 0 radical (unpaired) electrons. The molecule has 9 heteroatoms. The number of carboxylic acids is 1. The van der Waals surface area contributed by atoms with E-state index in [9.17, 15) is 19.5 Å². The Morgan fingerprint density at radius 1 is 1.50 bits per heavy atom. The summed E-state index contributed by atoms with van der Waals surface area (Å²) in [4.78, 5) is 35.9. The number of carbonyl (C=O) groups excluding carboxylic acids is 2. The highest BCUT2D eigenvalue weighted by Gasteiger charge is 2.51. The van der Waals surface area contributed by atoms with Gasteiger partial charge in [-0.15, -0.1) is 11.8 Å². The molecule has 1 unspecified atom stereocenters. The molecule has 0 aromatic rings. The first kappa shape index (κ1) is 18.5. The Labute approximate surface area is 144 Å². The molecule has 1 saturated heterocycles. The minimum atomic E-state index is -1.13. The Kier molecular flexibility index (Phi) is 5.36. The molecule has 24 heavy (non-hydrogen) atoms. The minimum absolute atomic E-state index is 0.00213. The predicted molar refractivity (Wildman–Crippen MR) is 90.5 cm³/mol. The number of nitrogens with zero attached hydrogens (tertiary/aromatic N) is 2. The van der Waals surface area contributed by atoms with Crippen molar-refractivity contribution < 1.29 is 24.0 Å². The molecule has 0 spiro atoms. The first-order valence-corrected chi connectivity index (χ1v) is 8.70. The lowest BCUT2D eigenvalue weighted by atomic mass is 10.0. The number of rotatable bonds is 7. The molecular weight excluding hydrogens is 332 g/mol. The Morgan fingerprint density at radius 2 is 2.17 bits per heavy atom. The second-order valence-electron chi connectivity index (χ2n) is 6.26. The van der Waals surface area contributed by atoms with Crippen molar-refractivity contribution in [1.82, 2.24) is 4.90 Å². The van der Waals surface area contributed by atoms with Crippen LogP contribution in [-0.4, -0.2) is 76.1 Å². The van der Waals surface area contributed by atoms with Crippen LogP contribution < -0.4 is 11.5 Å². The minimum Gasteiger partial charge on any atom is -0.477 e. The maximum atomic E-state index is 11.9. The van der Waals surface area contributed by atoms with Crippen LogP contribution in [0.25, 0.3) is 0 Å². The fraction of sp³-hybridized carbons (Fsp3) is 0.533. The zero-order valence-electron chi connectivity index (χ0n) is 13.8. The SMILES string of the molecule is CC[N+](C)(C/C=C/C1=C(C(=O)O)N2C(=O)[C@@H](N)[C@H]2SC1)CC(N)=O. The van der Waals surface area contributed by atoms with E-state index in [2.05, 4.69) is 0 Å². The quantitative estimate of drug-likeness (QED) is 0.400. The molecule has 0 aliphatic carbocycles. The van der Waals surface area contributed by atoms with E-state index in [1.165, 1.54) is 16.7 Å². The van der Waals surface area contributed by atoms with E-state index in [0.717, 1.165) is 0 Å². The maximum absolute atomic E-state index is 11.9. The van der Waals surface area contributed by atoms with Gasteiger partial charge >= 0.3 is 5.97 Å². The van der Waals surface area contributed by atoms with Crippen LogP contribution in [0, 0.1) is 0 Å². The number of quaternary nitrogens is 1. The number of fused-ring (bicyclic) bond motifs is 1. The molecule has 0 saturated carbocycles. The molecule has 0 aromatic carbocycles. The lowest BCUT2D eigenvalue weighted by Gasteiger charge is -2.47. The zero-order chi connectivity index (χ0) is 18.1. The summed E-state index contributed by atoms with van der Waals surface area (Å²) in [7, 11) is 1.91. The van der Waals surface area contributed by atoms with Crippen LogP contribution >= 0.6 is 11.8 Å². The van der Waals surface area contributed by atoms with Crippen molar-refractivity contribution in [3.05, 3.63) is 23.4 Å². The van der Waals surface area contributed by atoms with Gasteiger partial charge in [0.15, 0.2) is 6.54 Å². The predicted octanol–water partition coefficient (Wildman–Crippen LogP) is -0.924. The van der Waals surface area contributed by atoms with Crippen molar-refractivity contribution in [3.63, 3.8) is 0 Å². The Morgan fingerprint density at radius 3 is 2.71 bits per heavy atom. The van der Waals surface area contributed by atoms with Crippen molar-refractivity contribution >= 4 is 29.5 Å². The van der Waals surface area contributed by atoms with Crippen molar-refractivity contribution in [1.29, 1.82) is 0 Å². The van der Waals surface area contributed by atoms with Gasteiger partial charge in [0, 0.05) is 5.75 Å². The first-order chi connectivity index (χ1) is 11.2. The van der Waals surface area contributed by atoms with Gasteiger partial charge in [-0.3, -0.25) is 14.5 Å². The van der Waals surface area contributed by atoms with Crippen LogP contribution in [-0.2, 0) is 14.4 Å². The number of β-lactam (4-membered cyclic amide) rings is 1. The molecule has 0 bridgehead atoms. The summed E-state index contributed by atoms with van der Waals surface area (Å²) in [5, 5.41) is 9.16. The average Bonchev–Trinajstić information content (AvgIpc) is 2.52.